The van der Waals surface area contributed by atoms with Crippen LogP contribution >= 0.6 is 23.2 Å². The van der Waals surface area contributed by atoms with E-state index in [1.165, 1.54) is 7.11 Å². The number of anilines is 2. The smallest absolute Gasteiger partial charge is 0.373 e. The number of aryl methyl sites for hydroxylation is 2. The molecule has 0 N–H and O–H groups in total. The summed E-state index contributed by atoms with van der Waals surface area (Å²) >= 11 is 12.1. The van der Waals surface area contributed by atoms with Crippen molar-refractivity contribution in [2.45, 2.75) is 26.8 Å². The highest BCUT2D eigenvalue weighted by molar-refractivity contribution is 6.31. The van der Waals surface area contributed by atoms with Crippen LogP contribution in [0.1, 0.15) is 18.1 Å². The van der Waals surface area contributed by atoms with E-state index in [0.29, 0.717) is 10.0 Å². The van der Waals surface area contributed by atoms with Crippen LogP contribution in [0.5, 0.6) is 0 Å². The number of hydrogen-bond donors (Lipinski definition) is 0. The minimum absolute atomic E-state index is 0.250. The van der Waals surface area contributed by atoms with E-state index in [1.54, 1.807) is 0 Å². The summed E-state index contributed by atoms with van der Waals surface area (Å²) in [5.41, 5.74) is 3.75. The predicted molar refractivity (Wildman–Crippen MR) is 101 cm³/mol. The Hall–Kier alpha value is -2.33. The molecule has 0 spiro atoms. The summed E-state index contributed by atoms with van der Waals surface area (Å²) < 4.78 is 4.93. The van der Waals surface area contributed by atoms with Crippen LogP contribution in [0.2, 0.25) is 10.0 Å². The summed E-state index contributed by atoms with van der Waals surface area (Å²) in [6.07, 6.45) is 0.250. The maximum atomic E-state index is 12.1. The highest BCUT2D eigenvalue weighted by Crippen LogP contribution is 2.35. The number of esters is 1. The van der Waals surface area contributed by atoms with Crippen LogP contribution < -0.4 is 4.90 Å². The first-order valence-electron chi connectivity index (χ1n) is 7.65. The van der Waals surface area contributed by atoms with Crippen LogP contribution in [0.4, 0.5) is 11.4 Å². The van der Waals surface area contributed by atoms with Crippen LogP contribution in [0.3, 0.4) is 0 Å². The molecule has 0 aliphatic carbocycles. The van der Waals surface area contributed by atoms with Crippen molar-refractivity contribution in [1.29, 1.82) is 0 Å². The fourth-order valence-electron chi connectivity index (χ4n) is 2.60. The van der Waals surface area contributed by atoms with E-state index in [2.05, 4.69) is 0 Å². The SMILES string of the molecule is COC(=O)C(C)N(c1ccc(Cl)cc1C)c1ccc(Cl)cc1C.O=C=O. The average Bonchev–Trinajstić information content (AvgIpc) is 2.58. The van der Waals surface area contributed by atoms with Crippen molar-refractivity contribution in [2.24, 2.45) is 0 Å². The molecule has 1 unspecified atom stereocenters. The lowest BCUT2D eigenvalue weighted by Crippen LogP contribution is -2.37. The van der Waals surface area contributed by atoms with E-state index in [4.69, 9.17) is 37.5 Å². The van der Waals surface area contributed by atoms with Crippen LogP contribution in [0.25, 0.3) is 0 Å². The quantitative estimate of drug-likeness (QED) is 0.700. The molecule has 0 heterocycles. The van der Waals surface area contributed by atoms with Gasteiger partial charge in [-0.1, -0.05) is 23.2 Å². The number of carbonyl (C=O) groups excluding carboxylic acids is 3. The van der Waals surface area contributed by atoms with Gasteiger partial charge in [0, 0.05) is 21.4 Å². The zero-order chi connectivity index (χ0) is 19.9. The number of halogens is 2. The number of nitrogens with zero attached hydrogens (tertiary/aromatic N) is 1. The molecule has 0 aliphatic heterocycles. The van der Waals surface area contributed by atoms with Gasteiger partial charge in [-0.2, -0.15) is 9.59 Å². The third-order valence-electron chi connectivity index (χ3n) is 3.77. The fourth-order valence-corrected chi connectivity index (χ4v) is 3.05. The second-order valence-corrected chi connectivity index (χ2v) is 6.39. The van der Waals surface area contributed by atoms with Crippen LogP contribution in [-0.2, 0) is 19.1 Å². The Morgan fingerprint density at radius 3 is 1.69 bits per heavy atom. The lowest BCUT2D eigenvalue weighted by molar-refractivity contribution is -0.191. The maximum absolute atomic E-state index is 12.1. The molecule has 0 aromatic heterocycles. The lowest BCUT2D eigenvalue weighted by atomic mass is 10.1. The average molecular weight is 396 g/mol. The Labute approximate surface area is 162 Å². The van der Waals surface area contributed by atoms with E-state index in [0.717, 1.165) is 22.5 Å². The molecule has 2 aromatic carbocycles. The Morgan fingerprint density at radius 2 is 1.38 bits per heavy atom. The van der Waals surface area contributed by atoms with E-state index >= 15 is 0 Å². The minimum Gasteiger partial charge on any atom is -0.467 e. The van der Waals surface area contributed by atoms with Crippen molar-refractivity contribution >= 4 is 46.7 Å². The van der Waals surface area contributed by atoms with Gasteiger partial charge in [0.2, 0.25) is 0 Å². The monoisotopic (exact) mass is 395 g/mol. The first kappa shape index (κ1) is 21.7. The topological polar surface area (TPSA) is 63.7 Å². The molecule has 2 aromatic rings. The number of rotatable bonds is 4. The molecular formula is C19H19Cl2NO4. The van der Waals surface area contributed by atoms with Gasteiger partial charge in [0.05, 0.1) is 7.11 Å². The van der Waals surface area contributed by atoms with Gasteiger partial charge < -0.3 is 9.64 Å². The summed E-state index contributed by atoms with van der Waals surface area (Å²) in [6.45, 7) is 5.74. The third kappa shape index (κ3) is 5.33. The van der Waals surface area contributed by atoms with E-state index in [1.807, 2.05) is 62.1 Å². The molecule has 0 aliphatic rings. The molecule has 0 fully saturated rings. The zero-order valence-electron chi connectivity index (χ0n) is 14.9. The fraction of sp³-hybridized carbons (Fsp3) is 0.263. The molecule has 0 bridgehead atoms. The van der Waals surface area contributed by atoms with Crippen molar-refractivity contribution in [3.63, 3.8) is 0 Å². The van der Waals surface area contributed by atoms with Crippen LogP contribution in [-0.4, -0.2) is 25.3 Å². The molecule has 0 radical (unpaired) electrons. The van der Waals surface area contributed by atoms with Crippen molar-refractivity contribution in [2.75, 3.05) is 12.0 Å². The van der Waals surface area contributed by atoms with Gasteiger partial charge in [0.15, 0.2) is 0 Å². The molecule has 26 heavy (non-hydrogen) atoms. The number of methoxy groups -OCH3 is 1. The molecule has 0 amide bonds. The van der Waals surface area contributed by atoms with E-state index in [9.17, 15) is 4.79 Å². The normalized spacial score (nSPS) is 10.8. The molecular weight excluding hydrogens is 377 g/mol. The molecule has 5 nitrogen and oxygen atoms in total. The van der Waals surface area contributed by atoms with Crippen LogP contribution in [0, 0.1) is 13.8 Å². The third-order valence-corrected chi connectivity index (χ3v) is 4.24. The molecule has 1 atom stereocenters. The summed E-state index contributed by atoms with van der Waals surface area (Å²) in [4.78, 5) is 30.3. The Kier molecular flexibility index (Phi) is 8.33. The van der Waals surface area contributed by atoms with Crippen molar-refractivity contribution in [1.82, 2.24) is 0 Å². The first-order valence-corrected chi connectivity index (χ1v) is 8.41. The molecule has 0 saturated heterocycles. The number of benzene rings is 2. The van der Waals surface area contributed by atoms with E-state index < -0.39 is 6.04 Å². The van der Waals surface area contributed by atoms with Gasteiger partial charge in [-0.3, -0.25) is 0 Å². The van der Waals surface area contributed by atoms with Gasteiger partial charge in [0.1, 0.15) is 6.04 Å². The highest BCUT2D eigenvalue weighted by atomic mass is 35.5. The summed E-state index contributed by atoms with van der Waals surface area (Å²) in [5.74, 6) is -0.311. The largest absolute Gasteiger partial charge is 0.467 e. The Morgan fingerprint density at radius 1 is 1.00 bits per heavy atom. The van der Waals surface area contributed by atoms with Gasteiger partial charge in [-0.25, -0.2) is 4.79 Å². The summed E-state index contributed by atoms with van der Waals surface area (Å²) in [5, 5.41) is 1.31. The molecule has 0 saturated carbocycles. The van der Waals surface area contributed by atoms with Gasteiger partial charge in [0.25, 0.3) is 0 Å². The standard InChI is InChI=1S/C18H19Cl2NO2.CO2/c1-11-9-14(19)5-7-16(11)21(13(3)18(22)23-4)17-8-6-15(20)10-12(17)2;2-1-3/h5-10,13H,1-4H3;. The highest BCUT2D eigenvalue weighted by Gasteiger charge is 2.26. The molecule has 7 heteroatoms. The van der Waals surface area contributed by atoms with E-state index in [-0.39, 0.29) is 12.1 Å². The van der Waals surface area contributed by atoms with Gasteiger partial charge in [-0.05, 0) is 68.3 Å². The number of hydrogen-bond acceptors (Lipinski definition) is 5. The van der Waals surface area contributed by atoms with Crippen LogP contribution in [0.15, 0.2) is 36.4 Å². The summed E-state index contributed by atoms with van der Waals surface area (Å²) in [7, 11) is 1.39. The Bertz CT molecular complexity index is 766. The Balaban J connectivity index is 0.00000105. The number of ether oxygens (including phenoxy) is 1. The second-order valence-electron chi connectivity index (χ2n) is 5.51. The predicted octanol–water partition coefficient (Wildman–Crippen LogP) is 4.73. The van der Waals surface area contributed by atoms with Crippen molar-refractivity contribution in [3.05, 3.63) is 57.6 Å². The van der Waals surface area contributed by atoms with Crippen molar-refractivity contribution < 1.29 is 19.1 Å². The zero-order valence-corrected chi connectivity index (χ0v) is 16.4. The first-order chi connectivity index (χ1) is 12.3. The lowest BCUT2D eigenvalue weighted by Gasteiger charge is -2.32. The second kappa shape index (κ2) is 9.97. The van der Waals surface area contributed by atoms with Crippen molar-refractivity contribution in [3.8, 4) is 0 Å². The van der Waals surface area contributed by atoms with Gasteiger partial charge in [-0.15, -0.1) is 0 Å². The maximum Gasteiger partial charge on any atom is 0.373 e. The molecule has 138 valence electrons. The minimum atomic E-state index is -0.486. The van der Waals surface area contributed by atoms with Gasteiger partial charge >= 0.3 is 12.1 Å². The summed E-state index contributed by atoms with van der Waals surface area (Å²) in [6, 6.07) is 10.7. The number of carbonyl (C=O) groups is 1. The molecule has 2 rings (SSSR count).